The predicted octanol–water partition coefficient (Wildman–Crippen LogP) is 4.73. The first-order valence-electron chi connectivity index (χ1n) is 10.4. The molecule has 0 bridgehead atoms. The van der Waals surface area contributed by atoms with Crippen molar-refractivity contribution >= 4 is 17.6 Å². The lowest BCUT2D eigenvalue weighted by molar-refractivity contribution is -0.384. The summed E-state index contributed by atoms with van der Waals surface area (Å²) in [7, 11) is 0. The number of rotatable bonds is 8. The largest absolute Gasteiger partial charge is 0.463 e. The van der Waals surface area contributed by atoms with Gasteiger partial charge in [-0.25, -0.2) is 4.79 Å². The van der Waals surface area contributed by atoms with Gasteiger partial charge < -0.3 is 9.64 Å². The summed E-state index contributed by atoms with van der Waals surface area (Å²) in [6.45, 7) is 4.14. The van der Waals surface area contributed by atoms with Crippen LogP contribution in [0.1, 0.15) is 50.2 Å². The van der Waals surface area contributed by atoms with Gasteiger partial charge in [0.25, 0.3) is 5.69 Å². The number of carbonyl (C=O) groups excluding carboxylic acids is 2. The molecule has 2 aromatic carbocycles. The molecule has 0 radical (unpaired) electrons. The van der Waals surface area contributed by atoms with Crippen molar-refractivity contribution in [2.24, 2.45) is 0 Å². The Kier molecular flexibility index (Phi) is 7.18. The maximum atomic E-state index is 13.2. The van der Waals surface area contributed by atoms with Crippen molar-refractivity contribution in [3.63, 3.8) is 0 Å². The average molecular weight is 422 g/mol. The fourth-order valence-electron chi connectivity index (χ4n) is 3.96. The number of benzene rings is 2. The van der Waals surface area contributed by atoms with Gasteiger partial charge in [0.05, 0.1) is 23.6 Å². The van der Waals surface area contributed by atoms with Crippen LogP contribution in [0.25, 0.3) is 0 Å². The zero-order valence-corrected chi connectivity index (χ0v) is 17.7. The molecule has 7 heteroatoms. The minimum atomic E-state index is -0.459. The molecule has 0 N–H and O–H groups in total. The van der Waals surface area contributed by atoms with Crippen LogP contribution in [-0.2, 0) is 20.9 Å². The molecule has 31 heavy (non-hydrogen) atoms. The van der Waals surface area contributed by atoms with Gasteiger partial charge in [-0.15, -0.1) is 0 Å². The third-order valence-electron chi connectivity index (χ3n) is 5.31. The molecule has 3 rings (SSSR count). The van der Waals surface area contributed by atoms with E-state index in [9.17, 15) is 19.7 Å². The van der Waals surface area contributed by atoms with Crippen molar-refractivity contribution in [1.82, 2.24) is 4.90 Å². The number of nitrogens with zero attached hydrogens (tertiary/aromatic N) is 2. The SMILES string of the molecule is CCCC1=C(C(=O)OCC)C(c2ccccc2)CC(=O)N1Cc1cccc([N+](=O)[O-])c1. The van der Waals surface area contributed by atoms with Gasteiger partial charge >= 0.3 is 5.97 Å². The Balaban J connectivity index is 2.09. The first-order chi connectivity index (χ1) is 15.0. The van der Waals surface area contributed by atoms with Crippen molar-refractivity contribution in [3.05, 3.63) is 87.1 Å². The molecule has 7 nitrogen and oxygen atoms in total. The molecule has 1 atom stereocenters. The molecule has 1 unspecified atom stereocenters. The van der Waals surface area contributed by atoms with Gasteiger partial charge in [-0.05, 0) is 24.5 Å². The normalized spacial score (nSPS) is 16.4. The first-order valence-corrected chi connectivity index (χ1v) is 10.4. The zero-order valence-electron chi connectivity index (χ0n) is 17.7. The fraction of sp³-hybridized carbons (Fsp3) is 0.333. The molecule has 0 saturated carbocycles. The summed E-state index contributed by atoms with van der Waals surface area (Å²) in [5, 5.41) is 11.1. The Bertz CT molecular complexity index is 1000. The highest BCUT2D eigenvalue weighted by Gasteiger charge is 2.38. The zero-order chi connectivity index (χ0) is 22.4. The van der Waals surface area contributed by atoms with Gasteiger partial charge in [0, 0.05) is 30.2 Å². The summed E-state index contributed by atoms with van der Waals surface area (Å²) in [6.07, 6.45) is 1.40. The Morgan fingerprint density at radius 3 is 2.55 bits per heavy atom. The number of nitro groups is 1. The lowest BCUT2D eigenvalue weighted by Gasteiger charge is -2.36. The molecular formula is C24H26N2O5. The van der Waals surface area contributed by atoms with Crippen molar-refractivity contribution in [1.29, 1.82) is 0 Å². The summed E-state index contributed by atoms with van der Waals surface area (Å²) in [5.41, 5.74) is 2.63. The van der Waals surface area contributed by atoms with Gasteiger partial charge in [-0.2, -0.15) is 0 Å². The summed E-state index contributed by atoms with van der Waals surface area (Å²) in [5.74, 6) is -0.913. The smallest absolute Gasteiger partial charge is 0.336 e. The van der Waals surface area contributed by atoms with Crippen LogP contribution in [0.3, 0.4) is 0 Å². The van der Waals surface area contributed by atoms with Crippen LogP contribution in [0.4, 0.5) is 5.69 Å². The number of allylic oxidation sites excluding steroid dienone is 1. The lowest BCUT2D eigenvalue weighted by Crippen LogP contribution is -2.39. The highest BCUT2D eigenvalue weighted by molar-refractivity contribution is 5.96. The number of amides is 1. The van der Waals surface area contributed by atoms with Crippen LogP contribution < -0.4 is 0 Å². The Labute approximate surface area is 181 Å². The van der Waals surface area contributed by atoms with Gasteiger partial charge in [-0.1, -0.05) is 55.8 Å². The van der Waals surface area contributed by atoms with E-state index in [1.165, 1.54) is 12.1 Å². The van der Waals surface area contributed by atoms with Gasteiger partial charge in [-0.3, -0.25) is 14.9 Å². The molecule has 0 saturated heterocycles. The second kappa shape index (κ2) is 10.0. The summed E-state index contributed by atoms with van der Waals surface area (Å²) >= 11 is 0. The summed E-state index contributed by atoms with van der Waals surface area (Å²) in [4.78, 5) is 38.5. The first kappa shape index (κ1) is 22.2. The molecule has 0 spiro atoms. The maximum absolute atomic E-state index is 13.2. The maximum Gasteiger partial charge on any atom is 0.336 e. The van der Waals surface area contributed by atoms with E-state index >= 15 is 0 Å². The van der Waals surface area contributed by atoms with E-state index in [-0.39, 0.29) is 37.1 Å². The number of hydrogen-bond acceptors (Lipinski definition) is 5. The van der Waals surface area contributed by atoms with Crippen LogP contribution in [0, 0.1) is 10.1 Å². The summed E-state index contributed by atoms with van der Waals surface area (Å²) in [6, 6.07) is 15.7. The quantitative estimate of drug-likeness (QED) is 0.349. The van der Waals surface area contributed by atoms with E-state index in [1.807, 2.05) is 37.3 Å². The molecule has 1 aliphatic heterocycles. The van der Waals surface area contributed by atoms with Crippen LogP contribution in [0.2, 0.25) is 0 Å². The molecule has 0 aliphatic carbocycles. The molecular weight excluding hydrogens is 396 g/mol. The minimum absolute atomic E-state index is 0.0317. The second-order valence-electron chi connectivity index (χ2n) is 7.41. The van der Waals surface area contributed by atoms with Crippen LogP contribution in [0.15, 0.2) is 65.9 Å². The number of carbonyl (C=O) groups is 2. The van der Waals surface area contributed by atoms with Crippen LogP contribution in [-0.4, -0.2) is 28.3 Å². The third kappa shape index (κ3) is 4.99. The van der Waals surface area contributed by atoms with Crippen LogP contribution >= 0.6 is 0 Å². The molecule has 0 aromatic heterocycles. The molecule has 2 aromatic rings. The van der Waals surface area contributed by atoms with Crippen LogP contribution in [0.5, 0.6) is 0 Å². The number of nitro benzene ring substituents is 1. The van der Waals surface area contributed by atoms with E-state index in [0.29, 0.717) is 23.3 Å². The minimum Gasteiger partial charge on any atom is -0.463 e. The Hall–Kier alpha value is -3.48. The molecule has 0 fully saturated rings. The van der Waals surface area contributed by atoms with Crippen molar-refractivity contribution in [2.75, 3.05) is 6.61 Å². The average Bonchev–Trinajstić information content (AvgIpc) is 2.77. The number of ether oxygens (including phenoxy) is 1. The standard InChI is InChI=1S/C24H26N2O5/c1-3-9-21-23(24(28)31-4-2)20(18-11-6-5-7-12-18)15-22(27)25(21)16-17-10-8-13-19(14-17)26(29)30/h5-8,10-14,20H,3-4,9,15-16H2,1-2H3. The highest BCUT2D eigenvalue weighted by Crippen LogP contribution is 2.39. The number of hydrogen-bond donors (Lipinski definition) is 0. The lowest BCUT2D eigenvalue weighted by atomic mass is 9.82. The Morgan fingerprint density at radius 1 is 1.16 bits per heavy atom. The van der Waals surface area contributed by atoms with Gasteiger partial charge in [0.2, 0.25) is 5.91 Å². The van der Waals surface area contributed by atoms with E-state index in [4.69, 9.17) is 4.74 Å². The fourth-order valence-corrected chi connectivity index (χ4v) is 3.96. The van der Waals surface area contributed by atoms with E-state index in [2.05, 4.69) is 0 Å². The summed E-state index contributed by atoms with van der Waals surface area (Å²) < 4.78 is 5.37. The second-order valence-corrected chi connectivity index (χ2v) is 7.41. The van der Waals surface area contributed by atoms with E-state index < -0.39 is 10.9 Å². The van der Waals surface area contributed by atoms with E-state index in [0.717, 1.165) is 12.0 Å². The topological polar surface area (TPSA) is 89.8 Å². The number of non-ortho nitro benzene ring substituents is 1. The molecule has 1 amide bonds. The Morgan fingerprint density at radius 2 is 1.90 bits per heavy atom. The third-order valence-corrected chi connectivity index (χ3v) is 5.31. The van der Waals surface area contributed by atoms with Crippen molar-refractivity contribution in [2.45, 2.75) is 45.6 Å². The molecule has 1 aliphatic rings. The molecule has 162 valence electrons. The highest BCUT2D eigenvalue weighted by atomic mass is 16.6. The van der Waals surface area contributed by atoms with Crippen molar-refractivity contribution < 1.29 is 19.2 Å². The van der Waals surface area contributed by atoms with Gasteiger partial charge in [0.15, 0.2) is 0 Å². The predicted molar refractivity (Wildman–Crippen MR) is 116 cm³/mol. The van der Waals surface area contributed by atoms with Gasteiger partial charge in [0.1, 0.15) is 0 Å². The molecule has 1 heterocycles. The number of esters is 1. The van der Waals surface area contributed by atoms with Crippen molar-refractivity contribution in [3.8, 4) is 0 Å². The van der Waals surface area contributed by atoms with E-state index in [1.54, 1.807) is 24.0 Å². The monoisotopic (exact) mass is 422 g/mol.